The molecule has 0 saturated carbocycles. The normalized spacial score (nSPS) is 14.3. The minimum atomic E-state index is 1.02. The van der Waals surface area contributed by atoms with Crippen molar-refractivity contribution in [1.82, 2.24) is 0 Å². The summed E-state index contributed by atoms with van der Waals surface area (Å²) < 4.78 is 0. The minimum absolute atomic E-state index is 1.02. The molecule has 0 atom stereocenters. The van der Waals surface area contributed by atoms with Crippen molar-refractivity contribution in [2.24, 2.45) is 0 Å². The Balaban J connectivity index is 2.24. The van der Waals surface area contributed by atoms with Crippen molar-refractivity contribution in [3.05, 3.63) is 66.3 Å². The molecule has 0 radical (unpaired) electrons. The van der Waals surface area contributed by atoms with Gasteiger partial charge in [0.15, 0.2) is 0 Å². The lowest BCUT2D eigenvalue weighted by Gasteiger charge is -2.05. The molecule has 0 unspecified atom stereocenters. The van der Waals surface area contributed by atoms with Gasteiger partial charge in [-0.15, -0.1) is 0 Å². The molecule has 13 heavy (non-hydrogen) atoms. The molecule has 0 nitrogen and oxygen atoms in total. The molecule has 1 aliphatic rings. The third-order valence-corrected chi connectivity index (χ3v) is 2.28. The van der Waals surface area contributed by atoms with Crippen LogP contribution >= 0.6 is 0 Å². The summed E-state index contributed by atoms with van der Waals surface area (Å²) >= 11 is 0. The summed E-state index contributed by atoms with van der Waals surface area (Å²) in [7, 11) is 0. The zero-order valence-corrected chi connectivity index (χ0v) is 7.53. The van der Waals surface area contributed by atoms with E-state index in [4.69, 9.17) is 0 Å². The lowest BCUT2D eigenvalue weighted by molar-refractivity contribution is 1.34. The van der Waals surface area contributed by atoms with Gasteiger partial charge in [0.05, 0.1) is 0 Å². The summed E-state index contributed by atoms with van der Waals surface area (Å²) in [4.78, 5) is 0. The Morgan fingerprint density at radius 1 is 1.15 bits per heavy atom. The van der Waals surface area contributed by atoms with Gasteiger partial charge in [-0.3, -0.25) is 0 Å². The monoisotopic (exact) mass is 168 g/mol. The van der Waals surface area contributed by atoms with Gasteiger partial charge in [-0.05, 0) is 23.1 Å². The van der Waals surface area contributed by atoms with Crippen molar-refractivity contribution in [2.45, 2.75) is 6.42 Å². The first-order valence-corrected chi connectivity index (χ1v) is 4.48. The molecule has 0 aliphatic heterocycles. The molecule has 0 heteroatoms. The van der Waals surface area contributed by atoms with Crippen LogP contribution in [-0.2, 0) is 0 Å². The van der Waals surface area contributed by atoms with Gasteiger partial charge in [0.1, 0.15) is 0 Å². The first kappa shape index (κ1) is 8.06. The lowest BCUT2D eigenvalue weighted by Crippen LogP contribution is -1.84. The second-order valence-corrected chi connectivity index (χ2v) is 3.17. The fourth-order valence-corrected chi connectivity index (χ4v) is 1.50. The van der Waals surface area contributed by atoms with E-state index in [0.29, 0.717) is 0 Å². The molecule has 0 amide bonds. The lowest BCUT2D eigenvalue weighted by atomic mass is 9.99. The van der Waals surface area contributed by atoms with E-state index in [1.807, 2.05) is 18.2 Å². The van der Waals surface area contributed by atoms with Gasteiger partial charge in [-0.2, -0.15) is 0 Å². The molecule has 0 aromatic heterocycles. The topological polar surface area (TPSA) is 0 Å². The SMILES string of the molecule is C=C(C1=CC=CC1)c1ccccc1. The van der Waals surface area contributed by atoms with Crippen LogP contribution in [0, 0.1) is 0 Å². The largest absolute Gasteiger partial charge is 0.0909 e. The van der Waals surface area contributed by atoms with Crippen molar-refractivity contribution in [3.63, 3.8) is 0 Å². The number of rotatable bonds is 2. The van der Waals surface area contributed by atoms with Gasteiger partial charge < -0.3 is 0 Å². The summed E-state index contributed by atoms with van der Waals surface area (Å²) in [6.07, 6.45) is 7.40. The third-order valence-electron chi connectivity index (χ3n) is 2.28. The van der Waals surface area contributed by atoms with Crippen LogP contribution in [-0.4, -0.2) is 0 Å². The van der Waals surface area contributed by atoms with E-state index in [1.165, 1.54) is 11.1 Å². The van der Waals surface area contributed by atoms with Crippen LogP contribution in [0.15, 0.2) is 60.7 Å². The summed E-state index contributed by atoms with van der Waals surface area (Å²) in [6, 6.07) is 10.3. The second kappa shape index (κ2) is 3.44. The Kier molecular flexibility index (Phi) is 2.13. The van der Waals surface area contributed by atoms with E-state index >= 15 is 0 Å². The first-order valence-electron chi connectivity index (χ1n) is 4.48. The number of hydrogen-bond acceptors (Lipinski definition) is 0. The van der Waals surface area contributed by atoms with Crippen molar-refractivity contribution < 1.29 is 0 Å². The molecule has 0 heterocycles. The zero-order valence-electron chi connectivity index (χ0n) is 7.53. The zero-order chi connectivity index (χ0) is 9.10. The summed E-state index contributed by atoms with van der Waals surface area (Å²) in [5.41, 5.74) is 3.69. The van der Waals surface area contributed by atoms with Crippen molar-refractivity contribution >= 4 is 5.57 Å². The Labute approximate surface area is 78.9 Å². The first-order chi connectivity index (χ1) is 6.38. The average molecular weight is 168 g/mol. The van der Waals surface area contributed by atoms with Gasteiger partial charge >= 0.3 is 0 Å². The molecule has 0 bridgehead atoms. The highest BCUT2D eigenvalue weighted by Crippen LogP contribution is 2.26. The molecule has 1 aliphatic carbocycles. The molecule has 1 aromatic rings. The van der Waals surface area contributed by atoms with E-state index in [1.54, 1.807) is 0 Å². The van der Waals surface area contributed by atoms with Crippen molar-refractivity contribution in [3.8, 4) is 0 Å². The Morgan fingerprint density at radius 2 is 1.92 bits per heavy atom. The number of allylic oxidation sites excluding steroid dienone is 5. The van der Waals surface area contributed by atoms with E-state index < -0.39 is 0 Å². The minimum Gasteiger partial charge on any atom is -0.0909 e. The van der Waals surface area contributed by atoms with Gasteiger partial charge in [-0.25, -0.2) is 0 Å². The van der Waals surface area contributed by atoms with Crippen LogP contribution < -0.4 is 0 Å². The van der Waals surface area contributed by atoms with Crippen LogP contribution in [0.4, 0.5) is 0 Å². The predicted molar refractivity (Wildman–Crippen MR) is 57.3 cm³/mol. The maximum atomic E-state index is 4.10. The molecule has 2 rings (SSSR count). The highest BCUT2D eigenvalue weighted by Gasteiger charge is 2.05. The fourth-order valence-electron chi connectivity index (χ4n) is 1.50. The van der Waals surface area contributed by atoms with E-state index in [2.05, 4.69) is 36.9 Å². The molecule has 0 spiro atoms. The van der Waals surface area contributed by atoms with Gasteiger partial charge in [0.2, 0.25) is 0 Å². The van der Waals surface area contributed by atoms with E-state index in [-0.39, 0.29) is 0 Å². The number of hydrogen-bond donors (Lipinski definition) is 0. The summed E-state index contributed by atoms with van der Waals surface area (Å²) in [5.74, 6) is 0. The molecule has 0 N–H and O–H groups in total. The second-order valence-electron chi connectivity index (χ2n) is 3.17. The van der Waals surface area contributed by atoms with Crippen molar-refractivity contribution in [1.29, 1.82) is 0 Å². The summed E-state index contributed by atoms with van der Waals surface area (Å²) in [6.45, 7) is 4.10. The van der Waals surface area contributed by atoms with Gasteiger partial charge in [0.25, 0.3) is 0 Å². The van der Waals surface area contributed by atoms with Gasteiger partial charge in [-0.1, -0.05) is 55.1 Å². The quantitative estimate of drug-likeness (QED) is 0.633. The smallest absolute Gasteiger partial charge is 0.00884 e. The van der Waals surface area contributed by atoms with Crippen LogP contribution in [0.1, 0.15) is 12.0 Å². The standard InChI is InChI=1S/C13H12/c1-11(13-9-5-6-10-13)12-7-3-2-4-8-12/h2-9H,1,10H2. The average Bonchev–Trinajstić information content (AvgIpc) is 2.71. The molecular formula is C13H12. The molecule has 1 aromatic carbocycles. The van der Waals surface area contributed by atoms with Crippen LogP contribution in [0.3, 0.4) is 0 Å². The van der Waals surface area contributed by atoms with Crippen LogP contribution in [0.5, 0.6) is 0 Å². The fraction of sp³-hybridized carbons (Fsp3) is 0.0769. The predicted octanol–water partition coefficient (Wildman–Crippen LogP) is 3.59. The maximum Gasteiger partial charge on any atom is -0.00884 e. The van der Waals surface area contributed by atoms with E-state index in [9.17, 15) is 0 Å². The maximum absolute atomic E-state index is 4.10. The Hall–Kier alpha value is -1.56. The van der Waals surface area contributed by atoms with E-state index in [0.717, 1.165) is 12.0 Å². The van der Waals surface area contributed by atoms with Crippen LogP contribution in [0.2, 0.25) is 0 Å². The molecule has 0 saturated heterocycles. The van der Waals surface area contributed by atoms with Crippen molar-refractivity contribution in [2.75, 3.05) is 0 Å². The van der Waals surface area contributed by atoms with Crippen LogP contribution in [0.25, 0.3) is 5.57 Å². The number of benzene rings is 1. The summed E-state index contributed by atoms with van der Waals surface area (Å²) in [5, 5.41) is 0. The Morgan fingerprint density at radius 3 is 2.54 bits per heavy atom. The van der Waals surface area contributed by atoms with Gasteiger partial charge in [0, 0.05) is 0 Å². The molecular weight excluding hydrogens is 156 g/mol. The molecule has 0 fully saturated rings. The molecule has 64 valence electrons. The highest BCUT2D eigenvalue weighted by molar-refractivity contribution is 5.78. The highest BCUT2D eigenvalue weighted by atomic mass is 14.1. The Bertz CT molecular complexity index is 366. The third kappa shape index (κ3) is 1.62.